The molecule has 3 nitrogen and oxygen atoms in total. The third-order valence-corrected chi connectivity index (χ3v) is 2.78. The fraction of sp³-hybridized carbons (Fsp3) is 0.727. The van der Waals surface area contributed by atoms with Crippen molar-refractivity contribution in [2.24, 2.45) is 0 Å². The van der Waals surface area contributed by atoms with Crippen LogP contribution in [0.4, 0.5) is 0 Å². The van der Waals surface area contributed by atoms with Gasteiger partial charge in [0.05, 0.1) is 6.54 Å². The number of amides is 1. The number of nitrogens with one attached hydrogen (secondary N) is 1. The van der Waals surface area contributed by atoms with Crippen LogP contribution in [-0.4, -0.2) is 37.0 Å². The van der Waals surface area contributed by atoms with E-state index in [1.54, 1.807) is 6.08 Å². The zero-order valence-corrected chi connectivity index (χ0v) is 8.96. The van der Waals surface area contributed by atoms with E-state index in [9.17, 15) is 4.79 Å². The van der Waals surface area contributed by atoms with Gasteiger partial charge in [-0.3, -0.25) is 9.69 Å². The van der Waals surface area contributed by atoms with Crippen LogP contribution in [0.25, 0.3) is 0 Å². The Labute approximate surface area is 86.2 Å². The molecule has 0 heterocycles. The van der Waals surface area contributed by atoms with Crippen LogP contribution in [0.5, 0.6) is 0 Å². The molecule has 0 radical (unpaired) electrons. The topological polar surface area (TPSA) is 32.3 Å². The Bertz CT molecular complexity index is 197. The lowest BCUT2D eigenvalue weighted by Gasteiger charge is -2.22. The van der Waals surface area contributed by atoms with Gasteiger partial charge in [0.25, 0.3) is 0 Å². The Morgan fingerprint density at radius 2 is 2.21 bits per heavy atom. The van der Waals surface area contributed by atoms with E-state index in [2.05, 4.69) is 16.8 Å². The SMILES string of the molecule is C=CCNC(=O)CN(C)C1CCCC1. The highest BCUT2D eigenvalue weighted by molar-refractivity contribution is 5.78. The van der Waals surface area contributed by atoms with Crippen molar-refractivity contribution in [1.82, 2.24) is 10.2 Å². The molecule has 1 aliphatic carbocycles. The fourth-order valence-electron chi connectivity index (χ4n) is 1.94. The molecule has 1 rings (SSSR count). The van der Waals surface area contributed by atoms with Crippen LogP contribution in [0.1, 0.15) is 25.7 Å². The van der Waals surface area contributed by atoms with E-state index in [-0.39, 0.29) is 5.91 Å². The summed E-state index contributed by atoms with van der Waals surface area (Å²) in [6.45, 7) is 4.64. The quantitative estimate of drug-likeness (QED) is 0.669. The molecule has 0 bridgehead atoms. The van der Waals surface area contributed by atoms with Crippen molar-refractivity contribution in [2.45, 2.75) is 31.7 Å². The summed E-state index contributed by atoms with van der Waals surface area (Å²) in [7, 11) is 2.03. The van der Waals surface area contributed by atoms with Crippen molar-refractivity contribution < 1.29 is 4.79 Å². The molecule has 1 saturated carbocycles. The molecule has 0 aromatic heterocycles. The molecule has 14 heavy (non-hydrogen) atoms. The van der Waals surface area contributed by atoms with Crippen molar-refractivity contribution in [3.05, 3.63) is 12.7 Å². The van der Waals surface area contributed by atoms with E-state index >= 15 is 0 Å². The molecule has 0 unspecified atom stereocenters. The Morgan fingerprint density at radius 3 is 2.79 bits per heavy atom. The summed E-state index contributed by atoms with van der Waals surface area (Å²) in [5.74, 6) is 0.0966. The first-order valence-corrected chi connectivity index (χ1v) is 5.32. The third kappa shape index (κ3) is 3.50. The van der Waals surface area contributed by atoms with Crippen molar-refractivity contribution in [2.75, 3.05) is 20.1 Å². The highest BCUT2D eigenvalue weighted by atomic mass is 16.2. The predicted molar refractivity (Wildman–Crippen MR) is 58.1 cm³/mol. The predicted octanol–water partition coefficient (Wildman–Crippen LogP) is 1.16. The molecule has 0 saturated heterocycles. The summed E-state index contributed by atoms with van der Waals surface area (Å²) in [4.78, 5) is 13.5. The number of nitrogens with zero attached hydrogens (tertiary/aromatic N) is 1. The van der Waals surface area contributed by atoms with Gasteiger partial charge in [0, 0.05) is 12.6 Å². The maximum atomic E-state index is 11.4. The zero-order valence-electron chi connectivity index (χ0n) is 8.96. The molecule has 3 heteroatoms. The molecule has 80 valence electrons. The molecular formula is C11H20N2O. The molecule has 0 spiro atoms. The first-order valence-electron chi connectivity index (χ1n) is 5.32. The summed E-state index contributed by atoms with van der Waals surface area (Å²) in [5.41, 5.74) is 0. The molecule has 1 fully saturated rings. The molecule has 0 aromatic rings. The number of likely N-dealkylation sites (N-methyl/N-ethyl adjacent to an activating group) is 1. The van der Waals surface area contributed by atoms with Gasteiger partial charge in [-0.05, 0) is 19.9 Å². The number of hydrogen-bond acceptors (Lipinski definition) is 2. The van der Waals surface area contributed by atoms with Crippen LogP contribution in [0, 0.1) is 0 Å². The van der Waals surface area contributed by atoms with Gasteiger partial charge in [-0.2, -0.15) is 0 Å². The normalized spacial score (nSPS) is 17.3. The monoisotopic (exact) mass is 196 g/mol. The standard InChI is InChI=1S/C11H20N2O/c1-3-8-12-11(14)9-13(2)10-6-4-5-7-10/h3,10H,1,4-9H2,2H3,(H,12,14). The first kappa shape index (κ1) is 11.2. The summed E-state index contributed by atoms with van der Waals surface area (Å²) < 4.78 is 0. The summed E-state index contributed by atoms with van der Waals surface area (Å²) in [6, 6.07) is 0.615. The van der Waals surface area contributed by atoms with Gasteiger partial charge < -0.3 is 5.32 Å². The van der Waals surface area contributed by atoms with Crippen molar-refractivity contribution >= 4 is 5.91 Å². The van der Waals surface area contributed by atoms with Crippen LogP contribution >= 0.6 is 0 Å². The van der Waals surface area contributed by atoms with Crippen LogP contribution in [0.2, 0.25) is 0 Å². The van der Waals surface area contributed by atoms with Crippen LogP contribution < -0.4 is 5.32 Å². The zero-order chi connectivity index (χ0) is 10.4. The number of carbonyl (C=O) groups excluding carboxylic acids is 1. The lowest BCUT2D eigenvalue weighted by atomic mass is 10.2. The third-order valence-electron chi connectivity index (χ3n) is 2.78. The van der Waals surface area contributed by atoms with Crippen molar-refractivity contribution in [1.29, 1.82) is 0 Å². The molecule has 0 aromatic carbocycles. The molecule has 0 atom stereocenters. The number of hydrogen-bond donors (Lipinski definition) is 1. The van der Waals surface area contributed by atoms with Gasteiger partial charge in [-0.15, -0.1) is 6.58 Å². The minimum atomic E-state index is 0.0966. The lowest BCUT2D eigenvalue weighted by Crippen LogP contribution is -2.39. The first-order chi connectivity index (χ1) is 6.74. The Kier molecular flexibility index (Phi) is 4.66. The molecule has 0 aliphatic heterocycles. The van der Waals surface area contributed by atoms with E-state index in [4.69, 9.17) is 0 Å². The van der Waals surface area contributed by atoms with Gasteiger partial charge in [0.1, 0.15) is 0 Å². The Morgan fingerprint density at radius 1 is 1.57 bits per heavy atom. The van der Waals surface area contributed by atoms with Gasteiger partial charge in [-0.25, -0.2) is 0 Å². The maximum Gasteiger partial charge on any atom is 0.234 e. The van der Waals surface area contributed by atoms with E-state index in [0.29, 0.717) is 19.1 Å². The van der Waals surface area contributed by atoms with E-state index in [0.717, 1.165) is 0 Å². The van der Waals surface area contributed by atoms with Gasteiger partial charge in [0.2, 0.25) is 5.91 Å². The Balaban J connectivity index is 2.21. The van der Waals surface area contributed by atoms with Crippen molar-refractivity contribution in [3.8, 4) is 0 Å². The number of rotatable bonds is 5. The molecular weight excluding hydrogens is 176 g/mol. The van der Waals surface area contributed by atoms with E-state index in [1.807, 2.05) is 7.05 Å². The molecule has 1 N–H and O–H groups in total. The van der Waals surface area contributed by atoms with Crippen LogP contribution in [-0.2, 0) is 4.79 Å². The largest absolute Gasteiger partial charge is 0.352 e. The molecule has 1 aliphatic rings. The Hall–Kier alpha value is -0.830. The van der Waals surface area contributed by atoms with Crippen LogP contribution in [0.3, 0.4) is 0 Å². The molecule has 1 amide bonds. The van der Waals surface area contributed by atoms with Gasteiger partial charge >= 0.3 is 0 Å². The highest BCUT2D eigenvalue weighted by Gasteiger charge is 2.20. The summed E-state index contributed by atoms with van der Waals surface area (Å²) >= 11 is 0. The minimum absolute atomic E-state index is 0.0966. The van der Waals surface area contributed by atoms with Gasteiger partial charge in [-0.1, -0.05) is 18.9 Å². The summed E-state index contributed by atoms with van der Waals surface area (Å²) in [6.07, 6.45) is 6.80. The minimum Gasteiger partial charge on any atom is -0.352 e. The van der Waals surface area contributed by atoms with Crippen LogP contribution in [0.15, 0.2) is 12.7 Å². The highest BCUT2D eigenvalue weighted by Crippen LogP contribution is 2.21. The second-order valence-corrected chi connectivity index (χ2v) is 3.95. The fourth-order valence-corrected chi connectivity index (χ4v) is 1.94. The smallest absolute Gasteiger partial charge is 0.234 e. The van der Waals surface area contributed by atoms with Gasteiger partial charge in [0.15, 0.2) is 0 Å². The van der Waals surface area contributed by atoms with E-state index in [1.165, 1.54) is 25.7 Å². The average Bonchev–Trinajstić information content (AvgIpc) is 2.67. The average molecular weight is 196 g/mol. The second-order valence-electron chi connectivity index (χ2n) is 3.95. The second kappa shape index (κ2) is 5.81. The number of carbonyl (C=O) groups is 1. The maximum absolute atomic E-state index is 11.4. The van der Waals surface area contributed by atoms with Crippen molar-refractivity contribution in [3.63, 3.8) is 0 Å². The van der Waals surface area contributed by atoms with E-state index < -0.39 is 0 Å². The lowest BCUT2D eigenvalue weighted by molar-refractivity contribution is -0.122. The summed E-state index contributed by atoms with van der Waals surface area (Å²) in [5, 5.41) is 2.79.